The van der Waals surface area contributed by atoms with E-state index in [9.17, 15) is 9.59 Å². The van der Waals surface area contributed by atoms with Gasteiger partial charge in [0.05, 0.1) is 6.54 Å². The Kier molecular flexibility index (Phi) is 5.69. The summed E-state index contributed by atoms with van der Waals surface area (Å²) in [4.78, 5) is 21.4. The SMILES string of the molecule is CC(C)(C)NC(=O)CNCCOC(N)=O. The van der Waals surface area contributed by atoms with Gasteiger partial charge in [-0.15, -0.1) is 0 Å². The number of carbonyl (C=O) groups is 2. The zero-order chi connectivity index (χ0) is 11.9. The molecule has 0 aromatic carbocycles. The first-order chi connectivity index (χ1) is 6.81. The van der Waals surface area contributed by atoms with Gasteiger partial charge in [-0.05, 0) is 20.8 Å². The van der Waals surface area contributed by atoms with Crippen molar-refractivity contribution in [2.75, 3.05) is 19.7 Å². The number of nitrogens with one attached hydrogen (secondary N) is 2. The van der Waals surface area contributed by atoms with Crippen LogP contribution in [0, 0.1) is 0 Å². The van der Waals surface area contributed by atoms with E-state index in [1.54, 1.807) is 0 Å². The van der Waals surface area contributed by atoms with Crippen LogP contribution in [0.4, 0.5) is 4.79 Å². The van der Waals surface area contributed by atoms with Crippen molar-refractivity contribution in [1.29, 1.82) is 0 Å². The predicted molar refractivity (Wildman–Crippen MR) is 56.3 cm³/mol. The van der Waals surface area contributed by atoms with Crippen molar-refractivity contribution in [3.63, 3.8) is 0 Å². The lowest BCUT2D eigenvalue weighted by molar-refractivity contribution is -0.121. The Labute approximate surface area is 89.5 Å². The molecule has 6 nitrogen and oxygen atoms in total. The van der Waals surface area contributed by atoms with Gasteiger partial charge < -0.3 is 21.1 Å². The molecule has 2 amide bonds. The lowest BCUT2D eigenvalue weighted by atomic mass is 10.1. The van der Waals surface area contributed by atoms with Gasteiger partial charge >= 0.3 is 6.09 Å². The van der Waals surface area contributed by atoms with Crippen LogP contribution in [0.3, 0.4) is 0 Å². The number of hydrogen-bond donors (Lipinski definition) is 3. The average Bonchev–Trinajstić information content (AvgIpc) is 1.99. The molecular weight excluding hydrogens is 198 g/mol. The van der Waals surface area contributed by atoms with Crippen molar-refractivity contribution in [2.24, 2.45) is 5.73 Å². The van der Waals surface area contributed by atoms with Gasteiger partial charge in [0.25, 0.3) is 0 Å². The molecular formula is C9H19N3O3. The Morgan fingerprint density at radius 1 is 1.33 bits per heavy atom. The molecule has 0 aromatic rings. The molecule has 0 aliphatic rings. The molecule has 0 bridgehead atoms. The van der Waals surface area contributed by atoms with Gasteiger partial charge in [0.2, 0.25) is 5.91 Å². The molecule has 0 saturated carbocycles. The van der Waals surface area contributed by atoms with Crippen LogP contribution in [0.15, 0.2) is 0 Å². The molecule has 0 aromatic heterocycles. The number of ether oxygens (including phenoxy) is 1. The lowest BCUT2D eigenvalue weighted by Gasteiger charge is -2.20. The minimum atomic E-state index is -0.809. The van der Waals surface area contributed by atoms with Gasteiger partial charge in [-0.2, -0.15) is 0 Å². The fourth-order valence-corrected chi connectivity index (χ4v) is 0.888. The Balaban J connectivity index is 3.44. The summed E-state index contributed by atoms with van der Waals surface area (Å²) in [5, 5.41) is 5.60. The molecule has 0 radical (unpaired) electrons. The molecule has 0 aliphatic heterocycles. The molecule has 4 N–H and O–H groups in total. The maximum atomic E-state index is 11.2. The van der Waals surface area contributed by atoms with Crippen LogP contribution in [0.5, 0.6) is 0 Å². The second kappa shape index (κ2) is 6.23. The van der Waals surface area contributed by atoms with E-state index in [-0.39, 0.29) is 24.6 Å². The number of carbonyl (C=O) groups excluding carboxylic acids is 2. The number of hydrogen-bond acceptors (Lipinski definition) is 4. The quantitative estimate of drug-likeness (QED) is 0.545. The molecule has 0 heterocycles. The van der Waals surface area contributed by atoms with Crippen LogP contribution in [0.2, 0.25) is 0 Å². The third-order valence-electron chi connectivity index (χ3n) is 1.32. The van der Waals surface area contributed by atoms with Crippen molar-refractivity contribution in [3.05, 3.63) is 0 Å². The minimum absolute atomic E-state index is 0.0958. The standard InChI is InChI=1S/C9H19N3O3/c1-9(2,3)12-7(13)6-11-4-5-15-8(10)14/h11H,4-6H2,1-3H3,(H2,10,14)(H,12,13). The van der Waals surface area contributed by atoms with E-state index in [1.807, 2.05) is 20.8 Å². The van der Waals surface area contributed by atoms with Gasteiger partial charge in [-0.3, -0.25) is 4.79 Å². The maximum Gasteiger partial charge on any atom is 0.404 e. The zero-order valence-electron chi connectivity index (χ0n) is 9.42. The van der Waals surface area contributed by atoms with Crippen molar-refractivity contribution in [2.45, 2.75) is 26.3 Å². The van der Waals surface area contributed by atoms with Crippen LogP contribution in [0.25, 0.3) is 0 Å². The summed E-state index contributed by atoms with van der Waals surface area (Å²) in [7, 11) is 0. The van der Waals surface area contributed by atoms with E-state index >= 15 is 0 Å². The Morgan fingerprint density at radius 3 is 2.40 bits per heavy atom. The number of nitrogens with two attached hydrogens (primary N) is 1. The molecule has 0 fully saturated rings. The first kappa shape index (κ1) is 13.7. The van der Waals surface area contributed by atoms with E-state index in [0.717, 1.165) is 0 Å². The molecule has 6 heteroatoms. The minimum Gasteiger partial charge on any atom is -0.448 e. The molecule has 0 rings (SSSR count). The molecule has 0 saturated heterocycles. The average molecular weight is 217 g/mol. The molecule has 0 atom stereocenters. The van der Waals surface area contributed by atoms with Gasteiger partial charge in [0.1, 0.15) is 6.61 Å². The fraction of sp³-hybridized carbons (Fsp3) is 0.778. The molecule has 15 heavy (non-hydrogen) atoms. The first-order valence-corrected chi connectivity index (χ1v) is 4.75. The summed E-state index contributed by atoms with van der Waals surface area (Å²) in [6, 6.07) is 0. The zero-order valence-corrected chi connectivity index (χ0v) is 9.42. The summed E-state index contributed by atoms with van der Waals surface area (Å²) in [5.74, 6) is -0.0958. The topological polar surface area (TPSA) is 93.4 Å². The highest BCUT2D eigenvalue weighted by Gasteiger charge is 2.12. The monoisotopic (exact) mass is 217 g/mol. The highest BCUT2D eigenvalue weighted by molar-refractivity contribution is 5.78. The third-order valence-corrected chi connectivity index (χ3v) is 1.32. The molecule has 0 spiro atoms. The summed E-state index contributed by atoms with van der Waals surface area (Å²) in [5.41, 5.74) is 4.52. The Bertz CT molecular complexity index is 223. The van der Waals surface area contributed by atoms with E-state index in [2.05, 4.69) is 15.4 Å². The summed E-state index contributed by atoms with van der Waals surface area (Å²) in [6.07, 6.45) is -0.809. The summed E-state index contributed by atoms with van der Waals surface area (Å²) >= 11 is 0. The highest BCUT2D eigenvalue weighted by Crippen LogP contribution is 1.96. The van der Waals surface area contributed by atoms with Crippen molar-refractivity contribution in [1.82, 2.24) is 10.6 Å². The summed E-state index contributed by atoms with van der Waals surface area (Å²) < 4.78 is 4.47. The van der Waals surface area contributed by atoms with Crippen molar-refractivity contribution >= 4 is 12.0 Å². The summed E-state index contributed by atoms with van der Waals surface area (Å²) in [6.45, 7) is 6.47. The second-order valence-corrected chi connectivity index (χ2v) is 4.14. The fourth-order valence-electron chi connectivity index (χ4n) is 0.888. The number of rotatable bonds is 5. The largest absolute Gasteiger partial charge is 0.448 e. The van der Waals surface area contributed by atoms with Gasteiger partial charge in [-0.1, -0.05) is 0 Å². The van der Waals surface area contributed by atoms with Crippen LogP contribution < -0.4 is 16.4 Å². The molecule has 0 unspecified atom stereocenters. The van der Waals surface area contributed by atoms with E-state index in [1.165, 1.54) is 0 Å². The van der Waals surface area contributed by atoms with Crippen LogP contribution >= 0.6 is 0 Å². The maximum absolute atomic E-state index is 11.2. The Morgan fingerprint density at radius 2 is 1.93 bits per heavy atom. The first-order valence-electron chi connectivity index (χ1n) is 4.75. The van der Waals surface area contributed by atoms with E-state index < -0.39 is 6.09 Å². The van der Waals surface area contributed by atoms with Crippen molar-refractivity contribution < 1.29 is 14.3 Å². The van der Waals surface area contributed by atoms with Crippen LogP contribution in [-0.4, -0.2) is 37.2 Å². The van der Waals surface area contributed by atoms with Gasteiger partial charge in [0, 0.05) is 12.1 Å². The van der Waals surface area contributed by atoms with Crippen LogP contribution in [-0.2, 0) is 9.53 Å². The third kappa shape index (κ3) is 10.6. The van der Waals surface area contributed by atoms with E-state index in [4.69, 9.17) is 5.73 Å². The van der Waals surface area contributed by atoms with Gasteiger partial charge in [-0.25, -0.2) is 4.79 Å². The van der Waals surface area contributed by atoms with Crippen molar-refractivity contribution in [3.8, 4) is 0 Å². The van der Waals surface area contributed by atoms with Gasteiger partial charge in [0.15, 0.2) is 0 Å². The second-order valence-electron chi connectivity index (χ2n) is 4.14. The predicted octanol–water partition coefficient (Wildman–Crippen LogP) is -0.414. The number of amides is 2. The Hall–Kier alpha value is -1.30. The van der Waals surface area contributed by atoms with E-state index in [0.29, 0.717) is 6.54 Å². The smallest absolute Gasteiger partial charge is 0.404 e. The molecule has 0 aliphatic carbocycles. The number of primary amides is 1. The highest BCUT2D eigenvalue weighted by atomic mass is 16.5. The van der Waals surface area contributed by atoms with Crippen LogP contribution in [0.1, 0.15) is 20.8 Å². The lowest BCUT2D eigenvalue weighted by Crippen LogP contribution is -2.45. The normalized spacial score (nSPS) is 10.9. The molecule has 88 valence electrons.